The molecule has 0 aliphatic heterocycles. The number of anilines is 1. The largest absolute Gasteiger partial charge is 0.322 e. The Morgan fingerprint density at radius 3 is 2.34 bits per heavy atom. The summed E-state index contributed by atoms with van der Waals surface area (Å²) in [6.45, 7) is -0.0729. The minimum absolute atomic E-state index is 0.0729. The summed E-state index contributed by atoms with van der Waals surface area (Å²) >= 11 is 6.01. The van der Waals surface area contributed by atoms with Crippen molar-refractivity contribution >= 4 is 33.2 Å². The van der Waals surface area contributed by atoms with Gasteiger partial charge in [0.1, 0.15) is 11.6 Å². The Morgan fingerprint density at radius 2 is 1.66 bits per heavy atom. The molecule has 1 amide bonds. The van der Waals surface area contributed by atoms with Gasteiger partial charge in [0.2, 0.25) is 10.0 Å². The van der Waals surface area contributed by atoms with Gasteiger partial charge in [-0.15, -0.1) is 0 Å². The van der Waals surface area contributed by atoms with Crippen molar-refractivity contribution in [2.45, 2.75) is 11.4 Å². The number of carbonyl (C=O) groups excluding carboxylic acids is 1. The number of hydrogen-bond acceptors (Lipinski definition) is 3. The maximum Gasteiger partial charge on any atom is 0.258 e. The van der Waals surface area contributed by atoms with Crippen molar-refractivity contribution in [2.75, 3.05) is 5.32 Å². The molecule has 3 rings (SSSR count). The number of halogens is 3. The van der Waals surface area contributed by atoms with E-state index in [0.717, 1.165) is 30.3 Å². The minimum Gasteiger partial charge on any atom is -0.322 e. The van der Waals surface area contributed by atoms with E-state index in [1.54, 1.807) is 24.3 Å². The van der Waals surface area contributed by atoms with Gasteiger partial charge in [-0.05, 0) is 54.1 Å². The van der Waals surface area contributed by atoms with E-state index in [9.17, 15) is 22.0 Å². The predicted molar refractivity (Wildman–Crippen MR) is 106 cm³/mol. The van der Waals surface area contributed by atoms with Crippen LogP contribution in [0.5, 0.6) is 0 Å². The molecule has 0 spiro atoms. The molecule has 3 aromatic rings. The number of hydrogen-bond donors (Lipinski definition) is 2. The lowest BCUT2D eigenvalue weighted by atomic mass is 10.2. The molecule has 2 N–H and O–H groups in total. The van der Waals surface area contributed by atoms with Crippen LogP contribution in [0.2, 0.25) is 5.02 Å². The first-order chi connectivity index (χ1) is 13.8. The van der Waals surface area contributed by atoms with E-state index in [1.807, 2.05) is 0 Å². The fraction of sp³-hybridized carbons (Fsp3) is 0.0500. The summed E-state index contributed by atoms with van der Waals surface area (Å²) in [5, 5.41) is 2.79. The Kier molecular flexibility index (Phi) is 6.26. The number of carbonyl (C=O) groups is 1. The van der Waals surface area contributed by atoms with Crippen molar-refractivity contribution in [1.82, 2.24) is 4.72 Å². The maximum absolute atomic E-state index is 14.1. The Bertz CT molecular complexity index is 1150. The SMILES string of the molecule is O=C(Nc1ccc(F)cc1)c1cc(S(=O)(=O)NCc2ccccc2Cl)ccc1F. The van der Waals surface area contributed by atoms with Crippen LogP contribution in [0.15, 0.2) is 71.6 Å². The third kappa shape index (κ3) is 5.17. The van der Waals surface area contributed by atoms with Gasteiger partial charge in [-0.2, -0.15) is 0 Å². The Morgan fingerprint density at radius 1 is 0.966 bits per heavy atom. The second kappa shape index (κ2) is 8.69. The van der Waals surface area contributed by atoms with Gasteiger partial charge in [0.05, 0.1) is 10.5 Å². The molecule has 0 fully saturated rings. The second-order valence-corrected chi connectivity index (χ2v) is 8.19. The highest BCUT2D eigenvalue weighted by atomic mass is 35.5. The summed E-state index contributed by atoms with van der Waals surface area (Å²) < 4.78 is 54.5. The zero-order valence-electron chi connectivity index (χ0n) is 14.8. The fourth-order valence-electron chi connectivity index (χ4n) is 2.48. The monoisotopic (exact) mass is 436 g/mol. The van der Waals surface area contributed by atoms with Crippen molar-refractivity contribution < 1.29 is 22.0 Å². The summed E-state index contributed by atoms with van der Waals surface area (Å²) in [4.78, 5) is 12.1. The molecule has 0 heterocycles. The van der Waals surface area contributed by atoms with E-state index in [1.165, 1.54) is 12.1 Å². The lowest BCUT2D eigenvalue weighted by Gasteiger charge is -2.11. The average Bonchev–Trinajstić information content (AvgIpc) is 2.69. The van der Waals surface area contributed by atoms with Crippen LogP contribution in [0.25, 0.3) is 0 Å². The molecule has 0 saturated heterocycles. The highest BCUT2D eigenvalue weighted by Crippen LogP contribution is 2.19. The molecule has 3 aromatic carbocycles. The van der Waals surface area contributed by atoms with Gasteiger partial charge >= 0.3 is 0 Å². The molecule has 0 bridgehead atoms. The van der Waals surface area contributed by atoms with Gasteiger partial charge in [-0.25, -0.2) is 21.9 Å². The Hall–Kier alpha value is -2.81. The first-order valence-corrected chi connectivity index (χ1v) is 10.2. The zero-order valence-corrected chi connectivity index (χ0v) is 16.4. The molecule has 0 aromatic heterocycles. The maximum atomic E-state index is 14.1. The van der Waals surface area contributed by atoms with E-state index in [0.29, 0.717) is 10.6 Å². The standard InChI is InChI=1S/C20H15ClF2N2O3S/c21-18-4-2-1-3-13(18)12-24-29(27,28)16-9-10-19(23)17(11-16)20(26)25-15-7-5-14(22)6-8-15/h1-11,24H,12H2,(H,25,26). The summed E-state index contributed by atoms with van der Waals surface area (Å²) in [5.41, 5.74) is 0.338. The van der Waals surface area contributed by atoms with Crippen LogP contribution in [-0.4, -0.2) is 14.3 Å². The van der Waals surface area contributed by atoms with Gasteiger partial charge in [-0.1, -0.05) is 29.8 Å². The molecule has 0 saturated carbocycles. The second-order valence-electron chi connectivity index (χ2n) is 6.02. The normalized spacial score (nSPS) is 11.3. The molecule has 0 unspecified atom stereocenters. The van der Waals surface area contributed by atoms with E-state index in [-0.39, 0.29) is 17.1 Å². The van der Waals surface area contributed by atoms with Gasteiger partial charge < -0.3 is 5.32 Å². The summed E-state index contributed by atoms with van der Waals surface area (Å²) in [6.07, 6.45) is 0. The van der Waals surface area contributed by atoms with Crippen LogP contribution in [0, 0.1) is 11.6 Å². The van der Waals surface area contributed by atoms with Crippen LogP contribution < -0.4 is 10.0 Å². The molecule has 0 aliphatic rings. The molecular formula is C20H15ClF2N2O3S. The van der Waals surface area contributed by atoms with Gasteiger partial charge in [0.25, 0.3) is 5.91 Å². The first kappa shape index (κ1) is 20.9. The minimum atomic E-state index is -4.03. The summed E-state index contributed by atoms with van der Waals surface area (Å²) in [7, 11) is -4.03. The summed E-state index contributed by atoms with van der Waals surface area (Å²) in [5.74, 6) is -2.25. The third-order valence-corrected chi connectivity index (χ3v) is 5.77. The molecule has 29 heavy (non-hydrogen) atoms. The zero-order chi connectivity index (χ0) is 21.0. The van der Waals surface area contributed by atoms with E-state index in [4.69, 9.17) is 11.6 Å². The van der Waals surface area contributed by atoms with Crippen molar-refractivity contribution in [2.24, 2.45) is 0 Å². The number of rotatable bonds is 6. The highest BCUT2D eigenvalue weighted by molar-refractivity contribution is 7.89. The van der Waals surface area contributed by atoms with E-state index >= 15 is 0 Å². The topological polar surface area (TPSA) is 75.3 Å². The number of nitrogens with one attached hydrogen (secondary N) is 2. The van der Waals surface area contributed by atoms with Gasteiger partial charge in [-0.3, -0.25) is 4.79 Å². The van der Waals surface area contributed by atoms with E-state index < -0.39 is 33.1 Å². The number of benzene rings is 3. The van der Waals surface area contributed by atoms with Crippen LogP contribution in [0.1, 0.15) is 15.9 Å². The Balaban J connectivity index is 1.80. The number of amides is 1. The number of sulfonamides is 1. The summed E-state index contributed by atoms with van der Waals surface area (Å²) in [6, 6.07) is 14.5. The molecule has 0 atom stereocenters. The molecular weight excluding hydrogens is 422 g/mol. The van der Waals surface area contributed by atoms with Crippen LogP contribution in [0.3, 0.4) is 0 Å². The lowest BCUT2D eigenvalue weighted by Crippen LogP contribution is -2.24. The molecule has 150 valence electrons. The predicted octanol–water partition coefficient (Wildman–Crippen LogP) is 4.35. The molecule has 0 aliphatic carbocycles. The van der Waals surface area contributed by atoms with Crippen molar-refractivity contribution in [3.05, 3.63) is 94.5 Å². The molecule has 9 heteroatoms. The third-order valence-electron chi connectivity index (χ3n) is 4.01. The quantitative estimate of drug-likeness (QED) is 0.603. The smallest absolute Gasteiger partial charge is 0.258 e. The lowest BCUT2D eigenvalue weighted by molar-refractivity contribution is 0.102. The first-order valence-electron chi connectivity index (χ1n) is 8.36. The average molecular weight is 437 g/mol. The van der Waals surface area contributed by atoms with Crippen molar-refractivity contribution in [3.63, 3.8) is 0 Å². The molecule has 5 nitrogen and oxygen atoms in total. The van der Waals surface area contributed by atoms with Crippen molar-refractivity contribution in [3.8, 4) is 0 Å². The highest BCUT2D eigenvalue weighted by Gasteiger charge is 2.20. The van der Waals surface area contributed by atoms with Crippen LogP contribution in [0.4, 0.5) is 14.5 Å². The Labute approximate surface area is 171 Å². The van der Waals surface area contributed by atoms with E-state index in [2.05, 4.69) is 10.0 Å². The van der Waals surface area contributed by atoms with Crippen LogP contribution >= 0.6 is 11.6 Å². The van der Waals surface area contributed by atoms with Crippen LogP contribution in [-0.2, 0) is 16.6 Å². The fourth-order valence-corrected chi connectivity index (χ4v) is 3.71. The van der Waals surface area contributed by atoms with Gasteiger partial charge in [0.15, 0.2) is 0 Å². The van der Waals surface area contributed by atoms with Gasteiger partial charge in [0, 0.05) is 17.3 Å². The van der Waals surface area contributed by atoms with Crippen molar-refractivity contribution in [1.29, 1.82) is 0 Å². The molecule has 0 radical (unpaired) electrons.